The van der Waals surface area contributed by atoms with Crippen LogP contribution in [0.3, 0.4) is 0 Å². The Morgan fingerprint density at radius 2 is 2.00 bits per heavy atom. The minimum atomic E-state index is -1.05. The van der Waals surface area contributed by atoms with Crippen molar-refractivity contribution < 1.29 is 9.18 Å². The third-order valence-corrected chi connectivity index (χ3v) is 6.68. The maximum absolute atomic E-state index is 14.1. The number of nitrogens with one attached hydrogen (secondary N) is 2. The summed E-state index contributed by atoms with van der Waals surface area (Å²) in [6.07, 6.45) is 3.84. The topological polar surface area (TPSA) is 77.7 Å². The molecular weight excluding hydrogens is 470 g/mol. The lowest BCUT2D eigenvalue weighted by Gasteiger charge is -2.14. The zero-order chi connectivity index (χ0) is 24.1. The fourth-order valence-electron chi connectivity index (χ4n) is 2.77. The highest BCUT2D eigenvalue weighted by Crippen LogP contribution is 2.39. The summed E-state index contributed by atoms with van der Waals surface area (Å²) in [4.78, 5) is 11.0. The second-order valence-electron chi connectivity index (χ2n) is 7.71. The number of carbonyl (C=O) groups is 1. The summed E-state index contributed by atoms with van der Waals surface area (Å²) in [5, 5.41) is 19.8. The van der Waals surface area contributed by atoms with Crippen molar-refractivity contribution >= 4 is 63.8 Å². The normalized spacial score (nSPS) is 13.2. The lowest BCUT2D eigenvalue weighted by Crippen LogP contribution is -2.16. The first-order valence-corrected chi connectivity index (χ1v) is 12.0. The predicted molar refractivity (Wildman–Crippen MR) is 138 cm³/mol. The summed E-state index contributed by atoms with van der Waals surface area (Å²) in [5.41, 5.74) is 2.08. The first-order chi connectivity index (χ1) is 15.2. The van der Waals surface area contributed by atoms with Crippen LogP contribution in [0.4, 0.5) is 4.39 Å². The van der Waals surface area contributed by atoms with Crippen LogP contribution in [0, 0.1) is 18.3 Å². The molecule has 0 bridgehead atoms. The molecule has 1 amide bonds. The lowest BCUT2D eigenvalue weighted by molar-refractivity contribution is -0.109. The SMILES string of the molecule is C=N/N=C(\CCC(C)C)C(=N)S/C(=C/CCC(F)CCNC=O)c1ccc(C)c(Cl)c1Cl. The van der Waals surface area contributed by atoms with Gasteiger partial charge in [-0.3, -0.25) is 10.2 Å². The van der Waals surface area contributed by atoms with Gasteiger partial charge >= 0.3 is 0 Å². The van der Waals surface area contributed by atoms with Gasteiger partial charge in [-0.15, -0.1) is 0 Å². The number of hydrogen-bond acceptors (Lipinski definition) is 5. The zero-order valence-corrected chi connectivity index (χ0v) is 21.1. The molecular formula is C23H31Cl2FN4OS. The maximum atomic E-state index is 14.1. The maximum Gasteiger partial charge on any atom is 0.207 e. The van der Waals surface area contributed by atoms with Crippen molar-refractivity contribution in [2.75, 3.05) is 6.54 Å². The Kier molecular flexibility index (Phi) is 13.5. The van der Waals surface area contributed by atoms with E-state index in [0.717, 1.165) is 12.0 Å². The van der Waals surface area contributed by atoms with Gasteiger partial charge in [-0.2, -0.15) is 10.2 Å². The molecule has 0 saturated carbocycles. The molecule has 2 N–H and O–H groups in total. The number of rotatable bonds is 14. The van der Waals surface area contributed by atoms with Gasteiger partial charge in [-0.25, -0.2) is 4.39 Å². The van der Waals surface area contributed by atoms with E-state index >= 15 is 0 Å². The van der Waals surface area contributed by atoms with Crippen LogP contribution in [0.15, 0.2) is 28.4 Å². The zero-order valence-electron chi connectivity index (χ0n) is 18.8. The van der Waals surface area contributed by atoms with Crippen molar-refractivity contribution in [1.82, 2.24) is 5.32 Å². The number of hydrogen-bond donors (Lipinski definition) is 2. The first kappa shape index (κ1) is 28.3. The molecule has 176 valence electrons. The van der Waals surface area contributed by atoms with Crippen molar-refractivity contribution in [2.45, 2.75) is 59.0 Å². The van der Waals surface area contributed by atoms with E-state index in [2.05, 4.69) is 36.1 Å². The molecule has 1 aromatic rings. The lowest BCUT2D eigenvalue weighted by atomic mass is 10.1. The molecule has 1 atom stereocenters. The van der Waals surface area contributed by atoms with Crippen molar-refractivity contribution in [3.63, 3.8) is 0 Å². The molecule has 0 fully saturated rings. The van der Waals surface area contributed by atoms with Gasteiger partial charge in [-0.1, -0.05) is 67.0 Å². The van der Waals surface area contributed by atoms with Crippen molar-refractivity contribution in [2.24, 2.45) is 16.1 Å². The molecule has 0 aliphatic carbocycles. The number of allylic oxidation sites excluding steroid dienone is 1. The molecule has 0 heterocycles. The van der Waals surface area contributed by atoms with E-state index in [9.17, 15) is 9.18 Å². The van der Waals surface area contributed by atoms with Gasteiger partial charge in [0.1, 0.15) is 11.2 Å². The molecule has 1 aromatic carbocycles. The number of halogens is 3. The monoisotopic (exact) mass is 500 g/mol. The number of benzene rings is 1. The number of amides is 1. The largest absolute Gasteiger partial charge is 0.359 e. The van der Waals surface area contributed by atoms with Crippen molar-refractivity contribution in [3.05, 3.63) is 39.4 Å². The number of thioether (sulfide) groups is 1. The average Bonchev–Trinajstić information content (AvgIpc) is 2.74. The minimum Gasteiger partial charge on any atom is -0.359 e. The summed E-state index contributed by atoms with van der Waals surface area (Å²) in [6.45, 7) is 9.79. The quantitative estimate of drug-likeness (QED) is 0.0938. The molecule has 0 radical (unpaired) electrons. The van der Waals surface area contributed by atoms with Crippen LogP contribution in [0.25, 0.3) is 4.91 Å². The van der Waals surface area contributed by atoms with Crippen LogP contribution in [0.2, 0.25) is 10.0 Å². The fraction of sp³-hybridized carbons (Fsp3) is 0.478. The summed E-state index contributed by atoms with van der Waals surface area (Å²) >= 11 is 14.1. The molecule has 1 unspecified atom stereocenters. The Bertz CT molecular complexity index is 859. The summed E-state index contributed by atoms with van der Waals surface area (Å²) < 4.78 is 14.1. The van der Waals surface area contributed by atoms with Crippen LogP contribution in [0.5, 0.6) is 0 Å². The van der Waals surface area contributed by atoms with Gasteiger partial charge in [-0.05, 0) is 50.5 Å². The second kappa shape index (κ2) is 15.2. The van der Waals surface area contributed by atoms with Gasteiger partial charge < -0.3 is 5.32 Å². The standard InChI is InChI=1S/C23H31Cl2FN4OS/c1-15(2)8-11-19(30-28-4)23(27)32-20(7-5-6-17(26)12-13-29-14-31)18-10-9-16(3)21(24)22(18)25/h7,9-10,14-15,17,27H,4-6,8,11-13H2,1-3H3,(H,29,31)/b20-7+,27-23?,30-19+. The van der Waals surface area contributed by atoms with E-state index < -0.39 is 6.17 Å². The Morgan fingerprint density at radius 3 is 2.62 bits per heavy atom. The number of aryl methyl sites for hydroxylation is 1. The summed E-state index contributed by atoms with van der Waals surface area (Å²) in [7, 11) is 0. The summed E-state index contributed by atoms with van der Waals surface area (Å²) in [6, 6.07) is 3.72. The third kappa shape index (κ3) is 9.84. The molecule has 0 spiro atoms. The van der Waals surface area contributed by atoms with Crippen LogP contribution in [-0.4, -0.2) is 36.6 Å². The van der Waals surface area contributed by atoms with Gasteiger partial charge in [0.05, 0.1) is 15.8 Å². The third-order valence-electron chi connectivity index (χ3n) is 4.66. The van der Waals surface area contributed by atoms with Gasteiger partial charge in [0, 0.05) is 23.7 Å². The van der Waals surface area contributed by atoms with Crippen LogP contribution in [-0.2, 0) is 4.79 Å². The highest BCUT2D eigenvalue weighted by molar-refractivity contribution is 8.23. The molecule has 0 aromatic heterocycles. The molecule has 9 heteroatoms. The van der Waals surface area contributed by atoms with E-state index in [4.69, 9.17) is 28.6 Å². The Labute approximate surface area is 204 Å². The number of carbonyl (C=O) groups excluding carboxylic acids is 1. The minimum absolute atomic E-state index is 0.240. The highest BCUT2D eigenvalue weighted by atomic mass is 35.5. The van der Waals surface area contributed by atoms with E-state index in [0.29, 0.717) is 57.9 Å². The van der Waals surface area contributed by atoms with Gasteiger partial charge in [0.25, 0.3) is 0 Å². The van der Waals surface area contributed by atoms with E-state index in [1.54, 1.807) is 0 Å². The summed E-state index contributed by atoms with van der Waals surface area (Å²) in [5.74, 6) is 0.457. The molecule has 5 nitrogen and oxygen atoms in total. The molecule has 0 aliphatic heterocycles. The van der Waals surface area contributed by atoms with Gasteiger partial charge in [0.15, 0.2) is 0 Å². The van der Waals surface area contributed by atoms with E-state index in [1.165, 1.54) is 11.8 Å². The van der Waals surface area contributed by atoms with Crippen molar-refractivity contribution in [1.29, 1.82) is 5.41 Å². The van der Waals surface area contributed by atoms with Crippen LogP contribution in [0.1, 0.15) is 57.1 Å². The Morgan fingerprint density at radius 1 is 1.28 bits per heavy atom. The van der Waals surface area contributed by atoms with Gasteiger partial charge in [0.2, 0.25) is 6.41 Å². The second-order valence-corrected chi connectivity index (χ2v) is 9.52. The average molecular weight is 501 g/mol. The van der Waals surface area contributed by atoms with Crippen molar-refractivity contribution in [3.8, 4) is 0 Å². The highest BCUT2D eigenvalue weighted by Gasteiger charge is 2.17. The molecule has 0 saturated heterocycles. The molecule has 0 aliphatic rings. The molecule has 32 heavy (non-hydrogen) atoms. The smallest absolute Gasteiger partial charge is 0.207 e. The van der Waals surface area contributed by atoms with E-state index in [1.807, 2.05) is 25.1 Å². The number of alkyl halides is 1. The van der Waals surface area contributed by atoms with Crippen LogP contribution < -0.4 is 5.32 Å². The number of nitrogens with zero attached hydrogens (tertiary/aromatic N) is 2. The fourth-order valence-corrected chi connectivity index (χ4v) is 4.27. The predicted octanol–water partition coefficient (Wildman–Crippen LogP) is 7.10. The first-order valence-electron chi connectivity index (χ1n) is 10.5. The molecule has 1 rings (SSSR count). The Hall–Kier alpha value is -1.70. The van der Waals surface area contributed by atoms with Crippen LogP contribution >= 0.6 is 35.0 Å². The Balaban J connectivity index is 3.10. The van der Waals surface area contributed by atoms with E-state index in [-0.39, 0.29) is 17.9 Å².